The Labute approximate surface area is 104 Å². The number of rotatable bonds is 5. The van der Waals surface area contributed by atoms with Gasteiger partial charge in [0.05, 0.1) is 6.54 Å². The molecular formula is C13H24N2O2. The monoisotopic (exact) mass is 240 g/mol. The van der Waals surface area contributed by atoms with Crippen LogP contribution in [0.3, 0.4) is 0 Å². The molecule has 0 aromatic carbocycles. The van der Waals surface area contributed by atoms with Crippen LogP contribution in [0.5, 0.6) is 0 Å². The minimum Gasteiger partial charge on any atom is -0.355 e. The lowest BCUT2D eigenvalue weighted by atomic mass is 9.99. The molecule has 1 N–H and O–H groups in total. The third-order valence-corrected chi connectivity index (χ3v) is 3.17. The maximum atomic E-state index is 11.6. The van der Waals surface area contributed by atoms with Crippen LogP contribution in [0.4, 0.5) is 0 Å². The normalized spacial score (nSPS) is 21.9. The zero-order chi connectivity index (χ0) is 12.8. The van der Waals surface area contributed by atoms with E-state index in [1.807, 2.05) is 6.92 Å². The van der Waals surface area contributed by atoms with Crippen LogP contribution in [0.2, 0.25) is 0 Å². The van der Waals surface area contributed by atoms with Crippen molar-refractivity contribution in [1.82, 2.24) is 10.2 Å². The summed E-state index contributed by atoms with van der Waals surface area (Å²) in [6.07, 6.45) is 1.60. The molecule has 1 amide bonds. The Hall–Kier alpha value is -0.900. The summed E-state index contributed by atoms with van der Waals surface area (Å²) < 4.78 is 0. The van der Waals surface area contributed by atoms with Crippen LogP contribution >= 0.6 is 0 Å². The van der Waals surface area contributed by atoms with Gasteiger partial charge >= 0.3 is 0 Å². The van der Waals surface area contributed by atoms with Crippen molar-refractivity contribution in [1.29, 1.82) is 0 Å². The number of nitrogens with zero attached hydrogens (tertiary/aromatic N) is 1. The van der Waals surface area contributed by atoms with Crippen LogP contribution in [0.15, 0.2) is 0 Å². The summed E-state index contributed by atoms with van der Waals surface area (Å²) in [7, 11) is 0. The lowest BCUT2D eigenvalue weighted by Crippen LogP contribution is -2.45. The molecule has 0 spiro atoms. The predicted octanol–water partition coefficient (Wildman–Crippen LogP) is 1.06. The first-order valence-electron chi connectivity index (χ1n) is 6.50. The van der Waals surface area contributed by atoms with Crippen LogP contribution in [0.1, 0.15) is 33.6 Å². The first kappa shape index (κ1) is 14.2. The van der Waals surface area contributed by atoms with E-state index >= 15 is 0 Å². The van der Waals surface area contributed by atoms with Gasteiger partial charge in [0.1, 0.15) is 5.78 Å². The lowest BCUT2D eigenvalue weighted by Gasteiger charge is -2.29. The van der Waals surface area contributed by atoms with Crippen LogP contribution in [-0.4, -0.2) is 42.8 Å². The van der Waals surface area contributed by atoms with Crippen LogP contribution in [0, 0.1) is 11.8 Å². The molecular weight excluding hydrogens is 216 g/mol. The molecule has 4 nitrogen and oxygen atoms in total. The van der Waals surface area contributed by atoms with E-state index in [1.54, 1.807) is 0 Å². The number of hydrogen-bond donors (Lipinski definition) is 1. The second-order valence-electron chi connectivity index (χ2n) is 5.38. The predicted molar refractivity (Wildman–Crippen MR) is 67.7 cm³/mol. The summed E-state index contributed by atoms with van der Waals surface area (Å²) in [5.74, 6) is 1.09. The van der Waals surface area contributed by atoms with E-state index in [0.29, 0.717) is 24.7 Å². The van der Waals surface area contributed by atoms with Crippen molar-refractivity contribution in [3.63, 3.8) is 0 Å². The van der Waals surface area contributed by atoms with E-state index in [9.17, 15) is 9.59 Å². The van der Waals surface area contributed by atoms with Gasteiger partial charge in [-0.25, -0.2) is 0 Å². The zero-order valence-corrected chi connectivity index (χ0v) is 11.2. The highest BCUT2D eigenvalue weighted by Gasteiger charge is 2.24. The second-order valence-corrected chi connectivity index (χ2v) is 5.38. The molecule has 1 heterocycles. The van der Waals surface area contributed by atoms with Crippen LogP contribution in [0.25, 0.3) is 0 Å². The van der Waals surface area contributed by atoms with E-state index in [-0.39, 0.29) is 11.8 Å². The molecule has 1 fully saturated rings. The van der Waals surface area contributed by atoms with Gasteiger partial charge in [0.2, 0.25) is 5.91 Å². The maximum Gasteiger partial charge on any atom is 0.234 e. The van der Waals surface area contributed by atoms with Crippen molar-refractivity contribution in [2.24, 2.45) is 11.8 Å². The van der Waals surface area contributed by atoms with E-state index in [4.69, 9.17) is 0 Å². The van der Waals surface area contributed by atoms with Crippen molar-refractivity contribution in [3.8, 4) is 0 Å². The molecule has 1 aliphatic heterocycles. The fourth-order valence-corrected chi connectivity index (χ4v) is 2.00. The first-order chi connectivity index (χ1) is 7.99. The Morgan fingerprint density at radius 1 is 1.53 bits per heavy atom. The number of carbonyl (C=O) groups is 2. The molecule has 1 atom stereocenters. The molecule has 4 heteroatoms. The third-order valence-electron chi connectivity index (χ3n) is 3.17. The third kappa shape index (κ3) is 5.31. The molecule has 1 unspecified atom stereocenters. The van der Waals surface area contributed by atoms with Gasteiger partial charge in [-0.1, -0.05) is 20.8 Å². The highest BCUT2D eigenvalue weighted by Crippen LogP contribution is 2.11. The van der Waals surface area contributed by atoms with Gasteiger partial charge < -0.3 is 5.32 Å². The van der Waals surface area contributed by atoms with E-state index < -0.39 is 0 Å². The molecule has 0 bridgehead atoms. The lowest BCUT2D eigenvalue weighted by molar-refractivity contribution is -0.129. The van der Waals surface area contributed by atoms with Gasteiger partial charge in [-0.2, -0.15) is 0 Å². The van der Waals surface area contributed by atoms with E-state index in [2.05, 4.69) is 24.1 Å². The number of nitrogens with one attached hydrogen (secondary N) is 1. The quantitative estimate of drug-likeness (QED) is 0.781. The molecule has 0 aliphatic carbocycles. The molecule has 0 saturated carbocycles. The van der Waals surface area contributed by atoms with Gasteiger partial charge in [0, 0.05) is 32.0 Å². The first-order valence-corrected chi connectivity index (χ1v) is 6.50. The molecule has 0 radical (unpaired) electrons. The number of hydrogen-bond acceptors (Lipinski definition) is 3. The molecule has 1 aliphatic rings. The Morgan fingerprint density at radius 2 is 2.24 bits per heavy atom. The van der Waals surface area contributed by atoms with Gasteiger partial charge in [0.15, 0.2) is 0 Å². The summed E-state index contributed by atoms with van der Waals surface area (Å²) in [5, 5.41) is 2.92. The van der Waals surface area contributed by atoms with Crippen molar-refractivity contribution in [2.45, 2.75) is 33.6 Å². The van der Waals surface area contributed by atoms with Crippen molar-refractivity contribution in [2.75, 3.05) is 26.2 Å². The van der Waals surface area contributed by atoms with Gasteiger partial charge in [-0.3, -0.25) is 14.5 Å². The summed E-state index contributed by atoms with van der Waals surface area (Å²) in [4.78, 5) is 25.1. The van der Waals surface area contributed by atoms with Crippen molar-refractivity contribution < 1.29 is 9.59 Å². The number of Topliss-reactive ketones (excluding diaryl/α,β-unsaturated/α-hetero) is 1. The number of piperidine rings is 1. The van der Waals surface area contributed by atoms with Gasteiger partial charge in [-0.05, 0) is 12.3 Å². The maximum absolute atomic E-state index is 11.6. The van der Waals surface area contributed by atoms with Crippen molar-refractivity contribution in [3.05, 3.63) is 0 Å². The summed E-state index contributed by atoms with van der Waals surface area (Å²) in [5.41, 5.74) is 0. The second kappa shape index (κ2) is 6.74. The Bertz CT molecular complexity index is 277. The minimum atomic E-state index is 0.0761. The topological polar surface area (TPSA) is 49.4 Å². The Morgan fingerprint density at radius 3 is 2.82 bits per heavy atom. The largest absolute Gasteiger partial charge is 0.355 e. The van der Waals surface area contributed by atoms with Crippen molar-refractivity contribution >= 4 is 11.7 Å². The average Bonchev–Trinajstić information content (AvgIpc) is 2.23. The van der Waals surface area contributed by atoms with E-state index in [1.165, 1.54) is 0 Å². The highest BCUT2D eigenvalue weighted by atomic mass is 16.2. The fourth-order valence-electron chi connectivity index (χ4n) is 2.00. The Kier molecular flexibility index (Phi) is 5.62. The SMILES string of the molecule is CC(C)CCNC(=O)CN1CCC(=O)C(C)C1. The molecule has 1 rings (SSSR count). The number of carbonyl (C=O) groups excluding carboxylic acids is 2. The minimum absolute atomic E-state index is 0.0761. The van der Waals surface area contributed by atoms with Gasteiger partial charge in [-0.15, -0.1) is 0 Å². The molecule has 0 aromatic rings. The smallest absolute Gasteiger partial charge is 0.234 e. The van der Waals surface area contributed by atoms with E-state index in [0.717, 1.165) is 26.1 Å². The van der Waals surface area contributed by atoms with Gasteiger partial charge in [0.25, 0.3) is 0 Å². The fraction of sp³-hybridized carbons (Fsp3) is 0.846. The average molecular weight is 240 g/mol. The summed E-state index contributed by atoms with van der Waals surface area (Å²) in [6.45, 7) is 8.84. The number of amides is 1. The molecule has 17 heavy (non-hydrogen) atoms. The summed E-state index contributed by atoms with van der Waals surface area (Å²) in [6, 6.07) is 0. The van der Waals surface area contributed by atoms with Crippen LogP contribution in [-0.2, 0) is 9.59 Å². The molecule has 0 aromatic heterocycles. The highest BCUT2D eigenvalue weighted by molar-refractivity contribution is 5.82. The Balaban J connectivity index is 2.20. The van der Waals surface area contributed by atoms with Crippen LogP contribution < -0.4 is 5.32 Å². The number of ketones is 1. The standard InChI is InChI=1S/C13H24N2O2/c1-10(2)4-6-14-13(17)9-15-7-5-12(16)11(3)8-15/h10-11H,4-9H2,1-3H3,(H,14,17). The molecule has 1 saturated heterocycles. The summed E-state index contributed by atoms with van der Waals surface area (Å²) >= 11 is 0. The molecule has 98 valence electrons. The zero-order valence-electron chi connectivity index (χ0n) is 11.2. The number of likely N-dealkylation sites (tertiary alicyclic amines) is 1.